The Labute approximate surface area is 161 Å². The van der Waals surface area contributed by atoms with Crippen LogP contribution in [0.4, 0.5) is 23.2 Å². The summed E-state index contributed by atoms with van der Waals surface area (Å²) >= 11 is 0. The molecule has 0 aliphatic carbocycles. The molecule has 0 radical (unpaired) electrons. The minimum Gasteiger partial charge on any atom is -0.493 e. The lowest BCUT2D eigenvalue weighted by molar-refractivity contribution is -0.143. The average Bonchev–Trinajstić information content (AvgIpc) is 3.14. The van der Waals surface area contributed by atoms with Crippen molar-refractivity contribution in [2.24, 2.45) is 0 Å². The van der Waals surface area contributed by atoms with E-state index in [2.05, 4.69) is 9.97 Å². The number of Topliss-reactive ketones (excluding diaryl/α,β-unsaturated/α-hetero) is 1. The van der Waals surface area contributed by atoms with E-state index in [9.17, 15) is 27.2 Å². The smallest absolute Gasteiger partial charge is 0.297 e. The number of carbonyl (C=O) groups is 2. The van der Waals surface area contributed by atoms with Gasteiger partial charge in [0.25, 0.3) is 5.91 Å². The number of imidazole rings is 1. The van der Waals surface area contributed by atoms with Crippen LogP contribution >= 0.6 is 0 Å². The largest absolute Gasteiger partial charge is 0.493 e. The van der Waals surface area contributed by atoms with E-state index in [1.807, 2.05) is 0 Å². The molecular formula is C19H13F4N3O3. The number of amides is 1. The number of carbonyl (C=O) groups excluding carboxylic acids is 2. The van der Waals surface area contributed by atoms with Crippen LogP contribution in [0.5, 0.6) is 5.75 Å². The Balaban J connectivity index is 1.65. The van der Waals surface area contributed by atoms with Gasteiger partial charge in [-0.2, -0.15) is 0 Å². The van der Waals surface area contributed by atoms with Crippen LogP contribution in [0.15, 0.2) is 36.7 Å². The number of benzene rings is 2. The van der Waals surface area contributed by atoms with Gasteiger partial charge in [-0.05, 0) is 18.2 Å². The molecule has 3 aromatic rings. The normalized spacial score (nSPS) is 16.6. The molecule has 1 amide bonds. The van der Waals surface area contributed by atoms with Crippen molar-refractivity contribution in [3.63, 3.8) is 0 Å². The molecule has 29 heavy (non-hydrogen) atoms. The van der Waals surface area contributed by atoms with Gasteiger partial charge in [-0.25, -0.2) is 22.5 Å². The zero-order valence-corrected chi connectivity index (χ0v) is 14.7. The molecule has 1 atom stereocenters. The zero-order chi connectivity index (χ0) is 20.7. The quantitative estimate of drug-likeness (QED) is 0.385. The molecule has 1 N–H and O–H groups in total. The fraction of sp³-hybridized carbons (Fsp3) is 0.211. The Hall–Kier alpha value is -3.43. The number of anilines is 1. The van der Waals surface area contributed by atoms with E-state index >= 15 is 0 Å². The van der Waals surface area contributed by atoms with Crippen molar-refractivity contribution in [3.8, 4) is 5.75 Å². The topological polar surface area (TPSA) is 75.3 Å². The van der Waals surface area contributed by atoms with Gasteiger partial charge in [0.2, 0.25) is 12.2 Å². The zero-order valence-electron chi connectivity index (χ0n) is 14.7. The molecule has 1 fully saturated rings. The second kappa shape index (κ2) is 7.19. The van der Waals surface area contributed by atoms with Crippen LogP contribution < -0.4 is 9.64 Å². The van der Waals surface area contributed by atoms with Crippen molar-refractivity contribution >= 4 is 28.4 Å². The summed E-state index contributed by atoms with van der Waals surface area (Å²) < 4.78 is 58.4. The van der Waals surface area contributed by atoms with E-state index in [1.165, 1.54) is 18.5 Å². The summed E-state index contributed by atoms with van der Waals surface area (Å²) in [4.78, 5) is 32.1. The van der Waals surface area contributed by atoms with E-state index in [0.717, 1.165) is 17.0 Å². The van der Waals surface area contributed by atoms with Crippen molar-refractivity contribution in [1.82, 2.24) is 9.97 Å². The Morgan fingerprint density at radius 1 is 1.14 bits per heavy atom. The van der Waals surface area contributed by atoms with E-state index in [1.54, 1.807) is 6.07 Å². The fourth-order valence-electron chi connectivity index (χ4n) is 3.18. The molecular weight excluding hydrogens is 394 g/mol. The van der Waals surface area contributed by atoms with Crippen LogP contribution in [-0.2, 0) is 9.59 Å². The molecule has 1 aliphatic rings. The van der Waals surface area contributed by atoms with Gasteiger partial charge < -0.3 is 9.72 Å². The number of aromatic amines is 1. The summed E-state index contributed by atoms with van der Waals surface area (Å²) in [5.41, 5.74) is 0.859. The Morgan fingerprint density at radius 3 is 2.55 bits per heavy atom. The van der Waals surface area contributed by atoms with Crippen molar-refractivity contribution in [1.29, 1.82) is 0 Å². The molecule has 150 valence electrons. The first-order valence-corrected chi connectivity index (χ1v) is 8.57. The average molecular weight is 407 g/mol. The third-order valence-electron chi connectivity index (χ3n) is 4.55. The number of aromatic nitrogens is 2. The number of nitrogens with one attached hydrogen (secondary N) is 1. The number of halogens is 4. The third-order valence-corrected chi connectivity index (χ3v) is 4.55. The van der Waals surface area contributed by atoms with Gasteiger partial charge in [-0.1, -0.05) is 0 Å². The molecule has 4 rings (SSSR count). The number of fused-ring (bicyclic) bond motifs is 1. The highest BCUT2D eigenvalue weighted by molar-refractivity contribution is 6.51. The summed E-state index contributed by atoms with van der Waals surface area (Å²) in [5.74, 6) is -4.37. The lowest BCUT2D eigenvalue weighted by Crippen LogP contribution is -2.56. The summed E-state index contributed by atoms with van der Waals surface area (Å²) in [5, 5.41) is 0. The standard InChI is InChI=1S/C19H13F4N3O3/c20-11-6-10(29-4-3-15(22)23)7-12(21)16(11)17-18(27)19(28)26(17)9-1-2-13-14(5-9)25-8-24-13/h1-2,5-8,15,17H,3-4H2,(H,24,25)/t17-/m0/s1. The van der Waals surface area contributed by atoms with E-state index in [-0.39, 0.29) is 11.4 Å². The predicted octanol–water partition coefficient (Wildman–Crippen LogP) is 3.53. The van der Waals surface area contributed by atoms with Crippen LogP contribution in [0.2, 0.25) is 0 Å². The highest BCUT2D eigenvalue weighted by atomic mass is 19.3. The van der Waals surface area contributed by atoms with Gasteiger partial charge in [-0.3, -0.25) is 14.5 Å². The lowest BCUT2D eigenvalue weighted by atomic mass is 9.90. The SMILES string of the molecule is O=C1C(=O)N(c2ccc3nc[nH]c3c2)[C@H]1c1c(F)cc(OCCC(F)F)cc1F. The van der Waals surface area contributed by atoms with E-state index < -0.39 is 54.4 Å². The predicted molar refractivity (Wildman–Crippen MR) is 93.8 cm³/mol. The number of nitrogens with zero attached hydrogens (tertiary/aromatic N) is 2. The van der Waals surface area contributed by atoms with Crippen LogP contribution in [0.3, 0.4) is 0 Å². The molecule has 2 aromatic carbocycles. The Bertz CT molecular complexity index is 1090. The molecule has 1 saturated heterocycles. The highest BCUT2D eigenvalue weighted by Gasteiger charge is 2.50. The van der Waals surface area contributed by atoms with Crippen molar-refractivity contribution in [2.45, 2.75) is 18.9 Å². The van der Waals surface area contributed by atoms with Crippen molar-refractivity contribution in [3.05, 3.63) is 53.9 Å². The summed E-state index contributed by atoms with van der Waals surface area (Å²) in [7, 11) is 0. The molecule has 6 nitrogen and oxygen atoms in total. The summed E-state index contributed by atoms with van der Waals surface area (Å²) in [6.07, 6.45) is -1.76. The number of rotatable bonds is 6. The van der Waals surface area contributed by atoms with E-state index in [4.69, 9.17) is 4.74 Å². The summed E-state index contributed by atoms with van der Waals surface area (Å²) in [6.45, 7) is -0.424. The summed E-state index contributed by atoms with van der Waals surface area (Å²) in [6, 6.07) is 4.78. The van der Waals surface area contributed by atoms with Gasteiger partial charge >= 0.3 is 0 Å². The number of β-lactam (4-membered cyclic amide) rings is 1. The Kier molecular flexibility index (Phi) is 4.69. The fourth-order valence-corrected chi connectivity index (χ4v) is 3.18. The van der Waals surface area contributed by atoms with Gasteiger partial charge in [-0.15, -0.1) is 0 Å². The first kappa shape index (κ1) is 18.9. The number of hydrogen-bond donors (Lipinski definition) is 1. The second-order valence-electron chi connectivity index (χ2n) is 6.37. The maximum absolute atomic E-state index is 14.6. The number of ketones is 1. The molecule has 0 saturated carbocycles. The van der Waals surface area contributed by atoms with Crippen LogP contribution in [0, 0.1) is 11.6 Å². The number of hydrogen-bond acceptors (Lipinski definition) is 4. The molecule has 1 aliphatic heterocycles. The van der Waals surface area contributed by atoms with Gasteiger partial charge in [0, 0.05) is 24.2 Å². The maximum atomic E-state index is 14.6. The molecule has 2 heterocycles. The lowest BCUT2D eigenvalue weighted by Gasteiger charge is -2.38. The maximum Gasteiger partial charge on any atom is 0.297 e. The number of H-pyrrole nitrogens is 1. The minimum atomic E-state index is -2.61. The second-order valence-corrected chi connectivity index (χ2v) is 6.37. The van der Waals surface area contributed by atoms with Gasteiger partial charge in [0.1, 0.15) is 23.4 Å². The van der Waals surface area contributed by atoms with Gasteiger partial charge in [0.05, 0.1) is 29.5 Å². The third kappa shape index (κ3) is 3.30. The van der Waals surface area contributed by atoms with Crippen molar-refractivity contribution < 1.29 is 31.9 Å². The van der Waals surface area contributed by atoms with E-state index in [0.29, 0.717) is 11.0 Å². The van der Waals surface area contributed by atoms with Gasteiger partial charge in [0.15, 0.2) is 0 Å². The molecule has 0 unspecified atom stereocenters. The highest BCUT2D eigenvalue weighted by Crippen LogP contribution is 2.40. The first-order chi connectivity index (χ1) is 13.9. The molecule has 1 aromatic heterocycles. The molecule has 10 heteroatoms. The minimum absolute atomic E-state index is 0.271. The Morgan fingerprint density at radius 2 is 1.86 bits per heavy atom. The van der Waals surface area contributed by atoms with Crippen LogP contribution in [-0.4, -0.2) is 34.7 Å². The molecule has 0 spiro atoms. The van der Waals surface area contributed by atoms with Crippen molar-refractivity contribution in [2.75, 3.05) is 11.5 Å². The van der Waals surface area contributed by atoms with Crippen LogP contribution in [0.25, 0.3) is 11.0 Å². The first-order valence-electron chi connectivity index (χ1n) is 8.57. The number of ether oxygens (including phenoxy) is 1. The molecule has 0 bridgehead atoms. The van der Waals surface area contributed by atoms with Crippen LogP contribution in [0.1, 0.15) is 18.0 Å². The number of alkyl halides is 2. The monoisotopic (exact) mass is 407 g/mol.